The van der Waals surface area contributed by atoms with Crippen molar-refractivity contribution < 1.29 is 14.3 Å². The predicted octanol–water partition coefficient (Wildman–Crippen LogP) is 1.67. The molecule has 0 saturated carbocycles. The number of anilines is 1. The molecule has 1 saturated heterocycles. The van der Waals surface area contributed by atoms with Gasteiger partial charge < -0.3 is 15.4 Å². The second kappa shape index (κ2) is 6.43. The summed E-state index contributed by atoms with van der Waals surface area (Å²) in [6.45, 7) is 6.38. The van der Waals surface area contributed by atoms with Crippen LogP contribution in [-0.2, 0) is 19.7 Å². The van der Waals surface area contributed by atoms with Crippen LogP contribution in [0.5, 0.6) is 0 Å². The summed E-state index contributed by atoms with van der Waals surface area (Å²) in [5.41, 5.74) is -0.0546. The largest absolute Gasteiger partial charge is 0.465 e. The molecule has 0 radical (unpaired) electrons. The first-order valence-corrected chi connectivity index (χ1v) is 7.98. The van der Waals surface area contributed by atoms with Crippen LogP contribution in [0.25, 0.3) is 0 Å². The monoisotopic (exact) mass is 311 g/mol. The number of carbonyl (C=O) groups is 2. The fourth-order valence-corrected chi connectivity index (χ4v) is 3.03. The molecule has 21 heavy (non-hydrogen) atoms. The molecule has 6 nitrogen and oxygen atoms in total. The van der Waals surface area contributed by atoms with E-state index in [1.807, 2.05) is 19.2 Å². The van der Waals surface area contributed by atoms with Crippen molar-refractivity contribution >= 4 is 28.3 Å². The molecule has 1 aliphatic rings. The molecule has 116 valence electrons. The van der Waals surface area contributed by atoms with E-state index in [0.29, 0.717) is 25.3 Å². The van der Waals surface area contributed by atoms with E-state index in [-0.39, 0.29) is 17.9 Å². The van der Waals surface area contributed by atoms with Gasteiger partial charge in [0.05, 0.1) is 12.3 Å². The minimum Gasteiger partial charge on any atom is -0.465 e. The Kier molecular flexibility index (Phi) is 4.82. The first-order chi connectivity index (χ1) is 9.93. The van der Waals surface area contributed by atoms with E-state index >= 15 is 0 Å². The van der Waals surface area contributed by atoms with Crippen molar-refractivity contribution in [3.63, 3.8) is 0 Å². The van der Waals surface area contributed by atoms with E-state index in [0.717, 1.165) is 11.6 Å². The number of amides is 1. The van der Waals surface area contributed by atoms with Gasteiger partial charge in [-0.05, 0) is 27.2 Å². The third-order valence-electron chi connectivity index (χ3n) is 3.52. The molecule has 0 aromatic carbocycles. The second-order valence-electron chi connectivity index (χ2n) is 5.57. The molecule has 7 heteroatoms. The number of piperidine rings is 1. The Hall–Kier alpha value is -1.63. The Morgan fingerprint density at radius 2 is 2.38 bits per heavy atom. The van der Waals surface area contributed by atoms with Crippen molar-refractivity contribution in [1.82, 2.24) is 10.3 Å². The lowest BCUT2D eigenvalue weighted by atomic mass is 9.90. The predicted molar refractivity (Wildman–Crippen MR) is 81.4 cm³/mol. The van der Waals surface area contributed by atoms with Crippen LogP contribution in [0.1, 0.15) is 39.3 Å². The minimum atomic E-state index is -0.757. The SMILES string of the molecule is CCOC(=O)C(C)(C)c1csc(NC2CCC(=O)NC2)n1. The summed E-state index contributed by atoms with van der Waals surface area (Å²) in [5, 5.41) is 8.77. The quantitative estimate of drug-likeness (QED) is 0.809. The third-order valence-corrected chi connectivity index (χ3v) is 4.30. The van der Waals surface area contributed by atoms with Gasteiger partial charge in [0.25, 0.3) is 0 Å². The molecule has 2 N–H and O–H groups in total. The number of thiazole rings is 1. The van der Waals surface area contributed by atoms with E-state index in [1.165, 1.54) is 11.3 Å². The molecule has 0 spiro atoms. The number of carbonyl (C=O) groups excluding carboxylic acids is 2. The summed E-state index contributed by atoms with van der Waals surface area (Å²) >= 11 is 1.46. The van der Waals surface area contributed by atoms with E-state index in [2.05, 4.69) is 15.6 Å². The molecule has 2 rings (SSSR count). The Morgan fingerprint density at radius 3 is 3.00 bits per heavy atom. The molecule has 0 bridgehead atoms. The van der Waals surface area contributed by atoms with Crippen molar-refractivity contribution in [1.29, 1.82) is 0 Å². The number of aromatic nitrogens is 1. The molecular formula is C14H21N3O3S. The molecule has 1 aromatic heterocycles. The molecule has 1 fully saturated rings. The van der Waals surface area contributed by atoms with Crippen LogP contribution in [0.2, 0.25) is 0 Å². The molecule has 2 heterocycles. The van der Waals surface area contributed by atoms with E-state index in [4.69, 9.17) is 4.74 Å². The smallest absolute Gasteiger partial charge is 0.317 e. The fraction of sp³-hybridized carbons (Fsp3) is 0.643. The van der Waals surface area contributed by atoms with Gasteiger partial charge in [0.1, 0.15) is 5.41 Å². The van der Waals surface area contributed by atoms with Gasteiger partial charge in [-0.2, -0.15) is 0 Å². The Bertz CT molecular complexity index is 517. The van der Waals surface area contributed by atoms with Gasteiger partial charge in [-0.15, -0.1) is 11.3 Å². The average molecular weight is 311 g/mol. The molecule has 1 amide bonds. The first-order valence-electron chi connectivity index (χ1n) is 7.10. The van der Waals surface area contributed by atoms with Crippen LogP contribution in [0.4, 0.5) is 5.13 Å². The van der Waals surface area contributed by atoms with Crippen molar-refractivity contribution in [3.8, 4) is 0 Å². The number of rotatable bonds is 5. The Labute approximate surface area is 128 Å². The van der Waals surface area contributed by atoms with Crippen molar-refractivity contribution in [2.75, 3.05) is 18.5 Å². The minimum absolute atomic E-state index is 0.0938. The van der Waals surface area contributed by atoms with E-state index in [1.54, 1.807) is 6.92 Å². The average Bonchev–Trinajstić information content (AvgIpc) is 2.91. The van der Waals surface area contributed by atoms with Gasteiger partial charge in [0.15, 0.2) is 5.13 Å². The lowest BCUT2D eigenvalue weighted by Gasteiger charge is -2.23. The summed E-state index contributed by atoms with van der Waals surface area (Å²) < 4.78 is 5.09. The molecule has 1 unspecified atom stereocenters. The maximum absolute atomic E-state index is 12.0. The molecule has 1 aliphatic heterocycles. The third kappa shape index (κ3) is 3.72. The maximum atomic E-state index is 12.0. The van der Waals surface area contributed by atoms with Gasteiger partial charge in [-0.1, -0.05) is 0 Å². The van der Waals surface area contributed by atoms with Crippen molar-refractivity contribution in [3.05, 3.63) is 11.1 Å². The zero-order chi connectivity index (χ0) is 15.5. The van der Waals surface area contributed by atoms with E-state index in [9.17, 15) is 9.59 Å². The summed E-state index contributed by atoms with van der Waals surface area (Å²) in [7, 11) is 0. The normalized spacial score (nSPS) is 19.0. The van der Waals surface area contributed by atoms with Crippen LogP contribution in [0.15, 0.2) is 5.38 Å². The first kappa shape index (κ1) is 15.8. The summed E-state index contributed by atoms with van der Waals surface area (Å²) in [6, 6.07) is 0.187. The maximum Gasteiger partial charge on any atom is 0.317 e. The molecular weight excluding hydrogens is 290 g/mol. The fourth-order valence-electron chi connectivity index (χ4n) is 2.07. The number of nitrogens with one attached hydrogen (secondary N) is 2. The van der Waals surface area contributed by atoms with Crippen LogP contribution in [0, 0.1) is 0 Å². The van der Waals surface area contributed by atoms with Gasteiger partial charge in [0.2, 0.25) is 5.91 Å². The second-order valence-corrected chi connectivity index (χ2v) is 6.43. The highest BCUT2D eigenvalue weighted by molar-refractivity contribution is 7.13. The van der Waals surface area contributed by atoms with Crippen LogP contribution in [0.3, 0.4) is 0 Å². The number of esters is 1. The lowest BCUT2D eigenvalue weighted by Crippen LogP contribution is -2.41. The number of ether oxygens (including phenoxy) is 1. The van der Waals surface area contributed by atoms with Crippen LogP contribution < -0.4 is 10.6 Å². The van der Waals surface area contributed by atoms with Crippen LogP contribution >= 0.6 is 11.3 Å². The van der Waals surface area contributed by atoms with E-state index < -0.39 is 5.41 Å². The topological polar surface area (TPSA) is 80.3 Å². The summed E-state index contributed by atoms with van der Waals surface area (Å²) in [5.74, 6) is -0.178. The Morgan fingerprint density at radius 1 is 1.62 bits per heavy atom. The number of hydrogen-bond donors (Lipinski definition) is 2. The highest BCUT2D eigenvalue weighted by atomic mass is 32.1. The lowest BCUT2D eigenvalue weighted by molar-refractivity contribution is -0.148. The van der Waals surface area contributed by atoms with Crippen molar-refractivity contribution in [2.45, 2.75) is 45.1 Å². The van der Waals surface area contributed by atoms with Gasteiger partial charge in [-0.25, -0.2) is 4.98 Å². The molecule has 1 atom stereocenters. The highest BCUT2D eigenvalue weighted by Gasteiger charge is 2.34. The molecule has 1 aromatic rings. The van der Waals surface area contributed by atoms with Crippen molar-refractivity contribution in [2.24, 2.45) is 0 Å². The zero-order valence-corrected chi connectivity index (χ0v) is 13.4. The zero-order valence-electron chi connectivity index (χ0n) is 12.6. The van der Waals surface area contributed by atoms with Gasteiger partial charge in [-0.3, -0.25) is 9.59 Å². The Balaban J connectivity index is 2.00. The number of nitrogens with zero attached hydrogens (tertiary/aromatic N) is 1. The summed E-state index contributed by atoms with van der Waals surface area (Å²) in [6.07, 6.45) is 1.33. The standard InChI is InChI=1S/C14H21N3O3S/c1-4-20-12(19)14(2,3)10-8-21-13(17-10)16-9-5-6-11(18)15-7-9/h8-9H,4-7H2,1-3H3,(H,15,18)(H,16,17). The van der Waals surface area contributed by atoms with Gasteiger partial charge in [0, 0.05) is 24.4 Å². The summed E-state index contributed by atoms with van der Waals surface area (Å²) in [4.78, 5) is 27.6. The number of hydrogen-bond acceptors (Lipinski definition) is 6. The van der Waals surface area contributed by atoms with Gasteiger partial charge >= 0.3 is 5.97 Å². The highest BCUT2D eigenvalue weighted by Crippen LogP contribution is 2.29. The van der Waals surface area contributed by atoms with Crippen LogP contribution in [-0.4, -0.2) is 36.1 Å². The molecule has 0 aliphatic carbocycles.